The van der Waals surface area contributed by atoms with Gasteiger partial charge in [-0.25, -0.2) is 9.18 Å². The molecule has 1 amide bonds. The maximum absolute atomic E-state index is 13.3. The summed E-state index contributed by atoms with van der Waals surface area (Å²) < 4.78 is 18.0. The number of esters is 1. The molecule has 0 saturated carbocycles. The average molecular weight is 316 g/mol. The smallest absolute Gasteiger partial charge is 0.328 e. The zero-order valence-electron chi connectivity index (χ0n) is 12.9. The summed E-state index contributed by atoms with van der Waals surface area (Å²) in [7, 11) is 1.26. The Morgan fingerprint density at radius 1 is 1.26 bits per heavy atom. The van der Waals surface area contributed by atoms with E-state index in [9.17, 15) is 14.0 Å². The Balaban J connectivity index is 2.32. The third-order valence-corrected chi connectivity index (χ3v) is 3.42. The number of ether oxygens (including phenoxy) is 1. The molecule has 0 aliphatic heterocycles. The molecule has 5 nitrogen and oxygen atoms in total. The van der Waals surface area contributed by atoms with Crippen LogP contribution < -0.4 is 0 Å². The van der Waals surface area contributed by atoms with Crippen molar-refractivity contribution in [1.82, 2.24) is 9.88 Å². The van der Waals surface area contributed by atoms with Crippen molar-refractivity contribution >= 4 is 11.9 Å². The molecule has 1 heterocycles. The second-order valence-corrected chi connectivity index (χ2v) is 5.01. The Bertz CT molecular complexity index is 691. The predicted molar refractivity (Wildman–Crippen MR) is 82.0 cm³/mol. The van der Waals surface area contributed by atoms with Crippen molar-refractivity contribution in [1.29, 1.82) is 0 Å². The number of aromatic nitrogens is 1. The molecule has 23 heavy (non-hydrogen) atoms. The van der Waals surface area contributed by atoms with E-state index < -0.39 is 23.7 Å². The number of nitrogens with zero attached hydrogens (tertiary/aromatic N) is 2. The van der Waals surface area contributed by atoms with Crippen LogP contribution in [0.15, 0.2) is 48.8 Å². The highest BCUT2D eigenvalue weighted by molar-refractivity contribution is 5.96. The minimum absolute atomic E-state index is 0.0803. The van der Waals surface area contributed by atoms with E-state index in [1.54, 1.807) is 6.92 Å². The van der Waals surface area contributed by atoms with Gasteiger partial charge in [0.25, 0.3) is 5.91 Å². The third-order valence-electron chi connectivity index (χ3n) is 3.42. The zero-order chi connectivity index (χ0) is 16.8. The first-order valence-corrected chi connectivity index (χ1v) is 7.06. The topological polar surface area (TPSA) is 59.5 Å². The standard InChI is InChI=1S/C17H17FN2O3/c1-12(17(22)23-2)20(11-13-6-4-3-5-7-13)16(21)14-8-15(18)10-19-9-14/h3-10,12H,11H2,1-2H3/t12-/m0/s1. The Morgan fingerprint density at radius 3 is 2.57 bits per heavy atom. The van der Waals surface area contributed by atoms with Crippen LogP contribution in [0, 0.1) is 5.82 Å². The van der Waals surface area contributed by atoms with Crippen molar-refractivity contribution in [3.8, 4) is 0 Å². The van der Waals surface area contributed by atoms with Crippen LogP contribution in [0.4, 0.5) is 4.39 Å². The number of carbonyl (C=O) groups is 2. The van der Waals surface area contributed by atoms with Gasteiger partial charge in [-0.2, -0.15) is 0 Å². The normalized spacial score (nSPS) is 11.6. The number of carbonyl (C=O) groups excluding carboxylic acids is 2. The number of halogens is 1. The monoisotopic (exact) mass is 316 g/mol. The number of amides is 1. The lowest BCUT2D eigenvalue weighted by molar-refractivity contribution is -0.145. The minimum atomic E-state index is -0.809. The first-order chi connectivity index (χ1) is 11.0. The van der Waals surface area contributed by atoms with Gasteiger partial charge in [0.2, 0.25) is 0 Å². The van der Waals surface area contributed by atoms with Gasteiger partial charge in [0.15, 0.2) is 0 Å². The van der Waals surface area contributed by atoms with Crippen LogP contribution in [0.25, 0.3) is 0 Å². The largest absolute Gasteiger partial charge is 0.467 e. The first-order valence-electron chi connectivity index (χ1n) is 7.06. The molecule has 0 bridgehead atoms. The van der Waals surface area contributed by atoms with Crippen molar-refractivity contribution in [3.05, 3.63) is 65.7 Å². The molecular weight excluding hydrogens is 299 g/mol. The van der Waals surface area contributed by atoms with Gasteiger partial charge in [-0.15, -0.1) is 0 Å². The Labute approximate surface area is 133 Å². The Morgan fingerprint density at radius 2 is 1.96 bits per heavy atom. The van der Waals surface area contributed by atoms with Crippen molar-refractivity contribution in [2.75, 3.05) is 7.11 Å². The molecule has 0 N–H and O–H groups in total. The summed E-state index contributed by atoms with van der Waals surface area (Å²) in [5, 5.41) is 0. The first kappa shape index (κ1) is 16.6. The summed E-state index contributed by atoms with van der Waals surface area (Å²) in [6.07, 6.45) is 2.29. The van der Waals surface area contributed by atoms with Crippen molar-refractivity contribution in [2.45, 2.75) is 19.5 Å². The van der Waals surface area contributed by atoms with Gasteiger partial charge in [-0.05, 0) is 18.6 Å². The number of benzene rings is 1. The molecule has 1 atom stereocenters. The molecule has 6 heteroatoms. The fraction of sp³-hybridized carbons (Fsp3) is 0.235. The zero-order valence-corrected chi connectivity index (χ0v) is 12.9. The number of methoxy groups -OCH3 is 1. The molecule has 0 radical (unpaired) electrons. The number of rotatable bonds is 5. The van der Waals surface area contributed by atoms with Gasteiger partial charge >= 0.3 is 5.97 Å². The molecular formula is C17H17FN2O3. The molecule has 0 spiro atoms. The fourth-order valence-electron chi connectivity index (χ4n) is 2.16. The maximum Gasteiger partial charge on any atom is 0.328 e. The summed E-state index contributed by atoms with van der Waals surface area (Å²) in [4.78, 5) is 29.5. The number of hydrogen-bond donors (Lipinski definition) is 0. The number of hydrogen-bond acceptors (Lipinski definition) is 4. The third kappa shape index (κ3) is 4.12. The second kappa shape index (κ2) is 7.49. The summed E-state index contributed by atoms with van der Waals surface area (Å²) >= 11 is 0. The molecule has 120 valence electrons. The number of pyridine rings is 1. The molecule has 0 aliphatic rings. The highest BCUT2D eigenvalue weighted by atomic mass is 19.1. The molecule has 0 unspecified atom stereocenters. The van der Waals surface area contributed by atoms with E-state index in [2.05, 4.69) is 4.98 Å². The van der Waals surface area contributed by atoms with E-state index in [0.29, 0.717) is 0 Å². The van der Waals surface area contributed by atoms with Crippen molar-refractivity contribution < 1.29 is 18.7 Å². The molecule has 2 aromatic rings. The molecule has 0 fully saturated rings. The molecule has 0 saturated heterocycles. The van der Waals surface area contributed by atoms with Gasteiger partial charge in [-0.1, -0.05) is 30.3 Å². The van der Waals surface area contributed by atoms with E-state index in [0.717, 1.165) is 17.8 Å². The quantitative estimate of drug-likeness (QED) is 0.795. The van der Waals surface area contributed by atoms with Crippen LogP contribution in [-0.4, -0.2) is 34.9 Å². The van der Waals surface area contributed by atoms with Crippen LogP contribution in [0.3, 0.4) is 0 Å². The van der Waals surface area contributed by atoms with Crippen LogP contribution >= 0.6 is 0 Å². The van der Waals surface area contributed by atoms with Gasteiger partial charge in [-0.3, -0.25) is 9.78 Å². The van der Waals surface area contributed by atoms with Crippen molar-refractivity contribution in [2.24, 2.45) is 0 Å². The Hall–Kier alpha value is -2.76. The maximum atomic E-state index is 13.3. The summed E-state index contributed by atoms with van der Waals surface area (Å²) in [6, 6.07) is 9.50. The van der Waals surface area contributed by atoms with Crippen molar-refractivity contribution in [3.63, 3.8) is 0 Å². The SMILES string of the molecule is COC(=O)[C@H](C)N(Cc1ccccc1)C(=O)c1cncc(F)c1. The summed E-state index contributed by atoms with van der Waals surface area (Å²) in [6.45, 7) is 1.77. The van der Waals surface area contributed by atoms with E-state index in [1.165, 1.54) is 18.2 Å². The Kier molecular flexibility index (Phi) is 5.41. The predicted octanol–water partition coefficient (Wildman–Crippen LogP) is 2.42. The van der Waals surface area contributed by atoms with Crippen LogP contribution in [0.5, 0.6) is 0 Å². The van der Waals surface area contributed by atoms with Gasteiger partial charge < -0.3 is 9.64 Å². The van der Waals surface area contributed by atoms with Gasteiger partial charge in [0, 0.05) is 12.7 Å². The highest BCUT2D eigenvalue weighted by Crippen LogP contribution is 2.14. The fourth-order valence-corrected chi connectivity index (χ4v) is 2.16. The van der Waals surface area contributed by atoms with Crippen LogP contribution in [0.1, 0.15) is 22.8 Å². The molecule has 1 aromatic carbocycles. The molecule has 2 rings (SSSR count). The minimum Gasteiger partial charge on any atom is -0.467 e. The lowest BCUT2D eigenvalue weighted by Crippen LogP contribution is -2.43. The van der Waals surface area contributed by atoms with E-state index in [1.807, 2.05) is 30.3 Å². The molecule has 0 aliphatic carbocycles. The molecule has 1 aromatic heterocycles. The second-order valence-electron chi connectivity index (χ2n) is 5.01. The van der Waals surface area contributed by atoms with Gasteiger partial charge in [0.1, 0.15) is 11.9 Å². The van der Waals surface area contributed by atoms with Crippen LogP contribution in [0.2, 0.25) is 0 Å². The highest BCUT2D eigenvalue weighted by Gasteiger charge is 2.28. The average Bonchev–Trinajstić information content (AvgIpc) is 2.58. The van der Waals surface area contributed by atoms with E-state index in [-0.39, 0.29) is 12.1 Å². The van der Waals surface area contributed by atoms with E-state index >= 15 is 0 Å². The lowest BCUT2D eigenvalue weighted by atomic mass is 10.1. The van der Waals surface area contributed by atoms with Crippen LogP contribution in [-0.2, 0) is 16.1 Å². The summed E-state index contributed by atoms with van der Waals surface area (Å²) in [5.41, 5.74) is 0.928. The van der Waals surface area contributed by atoms with Gasteiger partial charge in [0.05, 0.1) is 18.9 Å². The lowest BCUT2D eigenvalue weighted by Gasteiger charge is -2.27. The summed E-state index contributed by atoms with van der Waals surface area (Å²) in [5.74, 6) is -1.64. The van der Waals surface area contributed by atoms with E-state index in [4.69, 9.17) is 4.74 Å².